The number of furan rings is 1. The normalized spacial score (nSPS) is 15.3. The lowest BCUT2D eigenvalue weighted by atomic mass is 9.83. The minimum atomic E-state index is -0.489. The van der Waals surface area contributed by atoms with Crippen molar-refractivity contribution in [2.45, 2.75) is 32.1 Å². The highest BCUT2D eigenvalue weighted by Crippen LogP contribution is 2.30. The lowest BCUT2D eigenvalue weighted by Gasteiger charge is -2.19. The molecule has 1 aliphatic rings. The van der Waals surface area contributed by atoms with Crippen LogP contribution in [0, 0.1) is 5.92 Å². The highest BCUT2D eigenvalue weighted by Gasteiger charge is 2.31. The number of carbonyl (C=O) groups is 2. The minimum absolute atomic E-state index is 0.0192. The standard InChI is InChI=1S/C18H16NO4/c20-10-15-16(18(22)14-8-4-5-9-19-14)13(11-23-15)17(21)12-6-2-1-3-7-12/h4-5,8-9,11-12H,1-3,6-7H2. The topological polar surface area (TPSA) is 77.2 Å². The maximum Gasteiger partial charge on any atom is 0.272 e. The molecule has 1 fully saturated rings. The second kappa shape index (κ2) is 6.69. The summed E-state index contributed by atoms with van der Waals surface area (Å²) in [7, 11) is 0. The van der Waals surface area contributed by atoms with E-state index in [0.29, 0.717) is 0 Å². The third-order valence-electron chi connectivity index (χ3n) is 4.25. The van der Waals surface area contributed by atoms with Gasteiger partial charge in [0.05, 0.1) is 11.1 Å². The fourth-order valence-corrected chi connectivity index (χ4v) is 3.05. The van der Waals surface area contributed by atoms with Crippen LogP contribution in [0.4, 0.5) is 0 Å². The zero-order valence-electron chi connectivity index (χ0n) is 12.6. The molecule has 2 heterocycles. The van der Waals surface area contributed by atoms with Crippen molar-refractivity contribution in [3.63, 3.8) is 0 Å². The molecule has 0 aromatic carbocycles. The molecule has 3 rings (SSSR count). The van der Waals surface area contributed by atoms with Crippen molar-refractivity contribution < 1.29 is 18.8 Å². The Balaban J connectivity index is 1.99. The Hall–Kier alpha value is -2.56. The van der Waals surface area contributed by atoms with Gasteiger partial charge in [-0.2, -0.15) is 0 Å². The van der Waals surface area contributed by atoms with Gasteiger partial charge in [-0.3, -0.25) is 19.4 Å². The van der Waals surface area contributed by atoms with Crippen LogP contribution in [0.5, 0.6) is 0 Å². The van der Waals surface area contributed by atoms with Gasteiger partial charge in [0.15, 0.2) is 11.5 Å². The molecule has 1 saturated carbocycles. The number of hydrogen-bond donors (Lipinski definition) is 0. The number of Topliss-reactive ketones (excluding diaryl/α,β-unsaturated/α-hetero) is 1. The molecule has 0 atom stereocenters. The number of carbonyl (C=O) groups excluding carboxylic acids is 3. The summed E-state index contributed by atoms with van der Waals surface area (Å²) in [5.74, 6) is -0.970. The average molecular weight is 310 g/mol. The van der Waals surface area contributed by atoms with E-state index in [2.05, 4.69) is 4.98 Å². The molecule has 0 saturated heterocycles. The van der Waals surface area contributed by atoms with E-state index >= 15 is 0 Å². The van der Waals surface area contributed by atoms with E-state index in [1.807, 2.05) is 0 Å². The Kier molecular flexibility index (Phi) is 4.46. The predicted molar refractivity (Wildman–Crippen MR) is 82.1 cm³/mol. The molecule has 5 nitrogen and oxygen atoms in total. The van der Waals surface area contributed by atoms with E-state index in [4.69, 9.17) is 4.42 Å². The number of hydrogen-bond acceptors (Lipinski definition) is 5. The van der Waals surface area contributed by atoms with Crippen LogP contribution in [-0.2, 0) is 4.79 Å². The van der Waals surface area contributed by atoms with Crippen LogP contribution < -0.4 is 0 Å². The van der Waals surface area contributed by atoms with E-state index in [-0.39, 0.29) is 34.3 Å². The zero-order valence-corrected chi connectivity index (χ0v) is 12.6. The summed E-state index contributed by atoms with van der Waals surface area (Å²) in [5.41, 5.74) is 0.322. The van der Waals surface area contributed by atoms with Gasteiger partial charge in [-0.05, 0) is 25.0 Å². The molecule has 2 aromatic rings. The zero-order chi connectivity index (χ0) is 16.2. The third-order valence-corrected chi connectivity index (χ3v) is 4.25. The van der Waals surface area contributed by atoms with Gasteiger partial charge in [0.2, 0.25) is 5.78 Å². The van der Waals surface area contributed by atoms with Gasteiger partial charge in [0.25, 0.3) is 6.29 Å². The van der Waals surface area contributed by atoms with E-state index < -0.39 is 5.78 Å². The number of rotatable bonds is 5. The maximum atomic E-state index is 12.7. The Morgan fingerprint density at radius 2 is 1.96 bits per heavy atom. The molecule has 1 aliphatic carbocycles. The third kappa shape index (κ3) is 2.99. The van der Waals surface area contributed by atoms with Gasteiger partial charge in [-0.1, -0.05) is 25.3 Å². The molecule has 0 bridgehead atoms. The molecule has 0 spiro atoms. The molecule has 117 valence electrons. The van der Waals surface area contributed by atoms with Crippen molar-refractivity contribution in [3.05, 3.63) is 53.2 Å². The number of pyridine rings is 1. The van der Waals surface area contributed by atoms with Gasteiger partial charge in [-0.15, -0.1) is 0 Å². The molecule has 23 heavy (non-hydrogen) atoms. The Bertz CT molecular complexity index is 727. The summed E-state index contributed by atoms with van der Waals surface area (Å²) in [5, 5.41) is 0. The second-order valence-corrected chi connectivity index (χ2v) is 5.70. The molecule has 1 radical (unpaired) electrons. The van der Waals surface area contributed by atoms with Crippen molar-refractivity contribution in [2.24, 2.45) is 5.92 Å². The largest absolute Gasteiger partial charge is 0.459 e. The Morgan fingerprint density at radius 1 is 1.17 bits per heavy atom. The second-order valence-electron chi connectivity index (χ2n) is 5.70. The summed E-state index contributed by atoms with van der Waals surface area (Å²) in [6, 6.07) is 4.90. The Labute approximate surface area is 133 Å². The average Bonchev–Trinajstić information content (AvgIpc) is 3.06. The van der Waals surface area contributed by atoms with Crippen molar-refractivity contribution >= 4 is 17.9 Å². The van der Waals surface area contributed by atoms with Crippen LogP contribution in [0.15, 0.2) is 35.1 Å². The van der Waals surface area contributed by atoms with Crippen LogP contribution in [0.1, 0.15) is 64.3 Å². The lowest BCUT2D eigenvalue weighted by Crippen LogP contribution is -2.20. The van der Waals surface area contributed by atoms with Gasteiger partial charge < -0.3 is 4.42 Å². The molecule has 0 aliphatic heterocycles. The molecule has 0 N–H and O–H groups in total. The number of ketones is 2. The smallest absolute Gasteiger partial charge is 0.272 e. The van der Waals surface area contributed by atoms with E-state index in [9.17, 15) is 14.4 Å². The first-order valence-electron chi connectivity index (χ1n) is 7.72. The molecule has 5 heteroatoms. The maximum absolute atomic E-state index is 12.7. The summed E-state index contributed by atoms with van der Waals surface area (Å²) in [6.07, 6.45) is 9.04. The SMILES string of the molecule is O=[C]c1occ(C(=O)C2CCCCC2)c1C(=O)c1ccccn1. The molecular weight excluding hydrogens is 294 g/mol. The summed E-state index contributed by atoms with van der Waals surface area (Å²) in [6.45, 7) is 0. The van der Waals surface area contributed by atoms with Crippen LogP contribution in [-0.4, -0.2) is 22.8 Å². The monoisotopic (exact) mass is 310 g/mol. The summed E-state index contributed by atoms with van der Waals surface area (Å²) < 4.78 is 5.11. The predicted octanol–water partition coefficient (Wildman–Crippen LogP) is 3.13. The van der Waals surface area contributed by atoms with Gasteiger partial charge in [0.1, 0.15) is 12.0 Å². The van der Waals surface area contributed by atoms with Crippen LogP contribution >= 0.6 is 0 Å². The highest BCUT2D eigenvalue weighted by atomic mass is 16.3. The fourth-order valence-electron chi connectivity index (χ4n) is 3.05. The molecule has 0 unspecified atom stereocenters. The molecule has 2 aromatic heterocycles. The first-order valence-corrected chi connectivity index (χ1v) is 7.72. The highest BCUT2D eigenvalue weighted by molar-refractivity contribution is 6.18. The van der Waals surface area contributed by atoms with Crippen LogP contribution in [0.3, 0.4) is 0 Å². The van der Waals surface area contributed by atoms with Crippen molar-refractivity contribution in [1.29, 1.82) is 0 Å². The first-order chi connectivity index (χ1) is 11.2. The van der Waals surface area contributed by atoms with E-state index in [1.54, 1.807) is 24.5 Å². The fraction of sp³-hybridized carbons (Fsp3) is 0.333. The van der Waals surface area contributed by atoms with Crippen molar-refractivity contribution in [2.75, 3.05) is 0 Å². The van der Waals surface area contributed by atoms with Gasteiger partial charge in [0, 0.05) is 12.1 Å². The molecule has 0 amide bonds. The van der Waals surface area contributed by atoms with Crippen LogP contribution in [0.25, 0.3) is 0 Å². The van der Waals surface area contributed by atoms with Crippen molar-refractivity contribution in [3.8, 4) is 0 Å². The van der Waals surface area contributed by atoms with E-state index in [0.717, 1.165) is 32.1 Å². The minimum Gasteiger partial charge on any atom is -0.459 e. The van der Waals surface area contributed by atoms with Crippen LogP contribution in [0.2, 0.25) is 0 Å². The quantitative estimate of drug-likeness (QED) is 0.793. The molecular formula is C18H16NO4. The lowest BCUT2D eigenvalue weighted by molar-refractivity contribution is 0.0882. The van der Waals surface area contributed by atoms with Gasteiger partial charge >= 0.3 is 0 Å². The summed E-state index contributed by atoms with van der Waals surface area (Å²) in [4.78, 5) is 40.4. The Morgan fingerprint density at radius 3 is 2.61 bits per heavy atom. The number of nitrogens with zero attached hydrogens (tertiary/aromatic N) is 1. The number of aromatic nitrogens is 1. The van der Waals surface area contributed by atoms with E-state index in [1.165, 1.54) is 12.5 Å². The first kappa shape index (κ1) is 15.3. The van der Waals surface area contributed by atoms with Gasteiger partial charge in [-0.25, -0.2) is 0 Å². The summed E-state index contributed by atoms with van der Waals surface area (Å²) >= 11 is 0. The van der Waals surface area contributed by atoms with Crippen molar-refractivity contribution in [1.82, 2.24) is 4.98 Å².